The van der Waals surface area contributed by atoms with Crippen molar-refractivity contribution >= 4 is 28.5 Å². The summed E-state index contributed by atoms with van der Waals surface area (Å²) in [7, 11) is 0. The molecule has 1 amide bonds. The maximum Gasteiger partial charge on any atom is 0.410 e. The Morgan fingerprint density at radius 1 is 1.07 bits per heavy atom. The zero-order valence-corrected chi connectivity index (χ0v) is 23.9. The van der Waals surface area contributed by atoms with E-state index >= 15 is 4.39 Å². The monoisotopic (exact) mass is 558 g/mol. The molecule has 0 aliphatic carbocycles. The number of benzene rings is 2. The number of nitrogens with one attached hydrogen (secondary N) is 1. The number of hydrogen-bond acceptors (Lipinski definition) is 8. The first-order chi connectivity index (χ1) is 19.5. The van der Waals surface area contributed by atoms with E-state index in [1.807, 2.05) is 39.0 Å². The van der Waals surface area contributed by atoms with Crippen molar-refractivity contribution in [1.29, 1.82) is 0 Å². The number of nitrogens with zero attached hydrogens (tertiary/aromatic N) is 4. The Labute approximate surface area is 238 Å². The first-order valence-corrected chi connectivity index (χ1v) is 13.7. The summed E-state index contributed by atoms with van der Waals surface area (Å²) in [6.45, 7) is 10.4. The van der Waals surface area contributed by atoms with Crippen molar-refractivity contribution in [3.63, 3.8) is 0 Å². The van der Waals surface area contributed by atoms with E-state index in [0.717, 1.165) is 6.42 Å². The SMILES string of the molecule is Cc1c(F)c(N)c2ccccc2c1Oc1ncccc1-c1ccnc(N[C@H]2C[C@@H](C)CN(C(=O)OC(C)(C)C)C2)n1. The van der Waals surface area contributed by atoms with Gasteiger partial charge in [0.2, 0.25) is 11.8 Å². The van der Waals surface area contributed by atoms with E-state index < -0.39 is 11.4 Å². The summed E-state index contributed by atoms with van der Waals surface area (Å²) in [5, 5.41) is 4.64. The minimum absolute atomic E-state index is 0.0575. The molecule has 0 radical (unpaired) electrons. The van der Waals surface area contributed by atoms with E-state index in [9.17, 15) is 4.79 Å². The van der Waals surface area contributed by atoms with E-state index in [4.69, 9.17) is 20.2 Å². The van der Waals surface area contributed by atoms with Crippen LogP contribution in [0.3, 0.4) is 0 Å². The van der Waals surface area contributed by atoms with Gasteiger partial charge in [-0.15, -0.1) is 0 Å². The average Bonchev–Trinajstić information content (AvgIpc) is 2.93. The van der Waals surface area contributed by atoms with Gasteiger partial charge in [-0.2, -0.15) is 0 Å². The fraction of sp³-hybridized carbons (Fsp3) is 0.355. The second-order valence-electron chi connectivity index (χ2n) is 11.5. The number of carbonyl (C=O) groups excluding carboxylic acids is 1. The van der Waals surface area contributed by atoms with Gasteiger partial charge in [-0.1, -0.05) is 31.2 Å². The number of fused-ring (bicyclic) bond motifs is 1. The Hall–Kier alpha value is -4.47. The Kier molecular flexibility index (Phi) is 7.66. The predicted molar refractivity (Wildman–Crippen MR) is 157 cm³/mol. The number of aromatic nitrogens is 3. The molecule has 10 heteroatoms. The van der Waals surface area contributed by atoms with Crippen LogP contribution >= 0.6 is 0 Å². The molecule has 1 saturated heterocycles. The first-order valence-electron chi connectivity index (χ1n) is 13.7. The number of ether oxygens (including phenoxy) is 2. The molecule has 0 bridgehead atoms. The van der Waals surface area contributed by atoms with Crippen LogP contribution in [0.1, 0.15) is 39.7 Å². The molecular weight excluding hydrogens is 523 g/mol. The Bertz CT molecular complexity index is 1590. The third kappa shape index (κ3) is 6.16. The maximum atomic E-state index is 15.0. The lowest BCUT2D eigenvalue weighted by Crippen LogP contribution is -2.49. The van der Waals surface area contributed by atoms with Gasteiger partial charge in [-0.05, 0) is 58.2 Å². The molecule has 41 heavy (non-hydrogen) atoms. The standard InChI is InChI=1S/C31H35FN6O3/c1-18-15-20(17-38(16-18)30(39)41-31(3,4)5)36-29-35-14-12-24(37-29)23-11-8-13-34-28(23)40-27-19(2)25(32)26(33)21-9-6-7-10-22(21)27/h6-14,18,20H,15-17,33H2,1-5H3,(H,35,36,37)/t18-,20+/m1/s1. The number of rotatable bonds is 5. The zero-order valence-electron chi connectivity index (χ0n) is 23.9. The van der Waals surface area contributed by atoms with Gasteiger partial charge >= 0.3 is 6.09 Å². The van der Waals surface area contributed by atoms with Gasteiger partial charge in [-0.3, -0.25) is 0 Å². The van der Waals surface area contributed by atoms with Crippen molar-refractivity contribution in [2.45, 2.75) is 52.7 Å². The molecule has 2 aromatic heterocycles. The Morgan fingerprint density at radius 2 is 1.83 bits per heavy atom. The van der Waals surface area contributed by atoms with Crippen LogP contribution in [0, 0.1) is 18.7 Å². The highest BCUT2D eigenvalue weighted by Gasteiger charge is 2.31. The molecule has 2 aromatic carbocycles. The lowest BCUT2D eigenvalue weighted by molar-refractivity contribution is 0.0162. The van der Waals surface area contributed by atoms with E-state index in [1.165, 1.54) is 0 Å². The van der Waals surface area contributed by atoms with Crippen LogP contribution in [-0.2, 0) is 4.74 Å². The summed E-state index contributed by atoms with van der Waals surface area (Å²) >= 11 is 0. The third-order valence-electron chi connectivity index (χ3n) is 6.91. The topological polar surface area (TPSA) is 115 Å². The molecule has 1 aliphatic heterocycles. The summed E-state index contributed by atoms with van der Waals surface area (Å²) in [5.41, 5.74) is 7.07. The first kappa shape index (κ1) is 28.1. The highest BCUT2D eigenvalue weighted by Crippen LogP contribution is 2.40. The van der Waals surface area contributed by atoms with Crippen molar-refractivity contribution in [1.82, 2.24) is 19.9 Å². The number of hydrogen-bond donors (Lipinski definition) is 2. The van der Waals surface area contributed by atoms with Crippen LogP contribution in [0.2, 0.25) is 0 Å². The van der Waals surface area contributed by atoms with Crippen molar-refractivity contribution in [2.24, 2.45) is 5.92 Å². The summed E-state index contributed by atoms with van der Waals surface area (Å²) in [6.07, 6.45) is 3.79. The van der Waals surface area contributed by atoms with Gasteiger partial charge in [0.25, 0.3) is 0 Å². The van der Waals surface area contributed by atoms with Crippen LogP contribution in [0.5, 0.6) is 11.6 Å². The van der Waals surface area contributed by atoms with E-state index in [-0.39, 0.29) is 29.6 Å². The van der Waals surface area contributed by atoms with Gasteiger partial charge in [0, 0.05) is 47.9 Å². The van der Waals surface area contributed by atoms with E-state index in [2.05, 4.69) is 22.2 Å². The van der Waals surface area contributed by atoms with Crippen molar-refractivity contribution in [3.8, 4) is 22.9 Å². The number of likely N-dealkylation sites (tertiary alicyclic amines) is 1. The van der Waals surface area contributed by atoms with Crippen molar-refractivity contribution in [2.75, 3.05) is 24.1 Å². The summed E-state index contributed by atoms with van der Waals surface area (Å²) < 4.78 is 26.9. The molecule has 9 nitrogen and oxygen atoms in total. The molecule has 3 N–H and O–H groups in total. The highest BCUT2D eigenvalue weighted by atomic mass is 19.1. The molecule has 0 unspecified atom stereocenters. The molecule has 1 fully saturated rings. The Balaban J connectivity index is 1.41. The van der Waals surface area contributed by atoms with Crippen LogP contribution in [0.25, 0.3) is 22.0 Å². The number of carbonyl (C=O) groups is 1. The second kappa shape index (κ2) is 11.2. The van der Waals surface area contributed by atoms with Crippen LogP contribution in [-0.4, -0.2) is 50.7 Å². The molecular formula is C31H35FN6O3. The number of anilines is 2. The minimum Gasteiger partial charge on any atom is -0.444 e. The lowest BCUT2D eigenvalue weighted by atomic mass is 9.96. The maximum absolute atomic E-state index is 15.0. The molecule has 0 saturated carbocycles. The second-order valence-corrected chi connectivity index (χ2v) is 11.5. The zero-order chi connectivity index (χ0) is 29.3. The molecule has 4 aromatic rings. The van der Waals surface area contributed by atoms with Gasteiger partial charge in [0.05, 0.1) is 16.9 Å². The summed E-state index contributed by atoms with van der Waals surface area (Å²) in [4.78, 5) is 28.1. The molecule has 3 heterocycles. The van der Waals surface area contributed by atoms with Gasteiger partial charge in [0.1, 0.15) is 11.4 Å². The third-order valence-corrected chi connectivity index (χ3v) is 6.91. The van der Waals surface area contributed by atoms with Crippen molar-refractivity contribution < 1.29 is 18.7 Å². The number of piperidine rings is 1. The van der Waals surface area contributed by atoms with E-state index in [1.54, 1.807) is 48.5 Å². The number of pyridine rings is 1. The molecule has 5 rings (SSSR count). The number of nitrogens with two attached hydrogens (primary N) is 1. The normalized spacial score (nSPS) is 17.4. The average molecular weight is 559 g/mol. The highest BCUT2D eigenvalue weighted by molar-refractivity contribution is 5.98. The summed E-state index contributed by atoms with van der Waals surface area (Å²) in [6, 6.07) is 12.6. The van der Waals surface area contributed by atoms with Crippen molar-refractivity contribution in [3.05, 3.63) is 66.2 Å². The van der Waals surface area contributed by atoms with Gasteiger partial charge in [-0.25, -0.2) is 24.1 Å². The minimum atomic E-state index is -0.565. The fourth-order valence-electron chi connectivity index (χ4n) is 5.13. The predicted octanol–water partition coefficient (Wildman–Crippen LogP) is 6.57. The molecule has 1 aliphatic rings. The molecule has 0 spiro atoms. The molecule has 2 atom stereocenters. The number of nitrogen functional groups attached to an aromatic ring is 1. The summed E-state index contributed by atoms with van der Waals surface area (Å²) in [5.74, 6) is 0.788. The smallest absolute Gasteiger partial charge is 0.410 e. The number of amides is 1. The quantitative estimate of drug-likeness (QED) is 0.264. The fourth-order valence-corrected chi connectivity index (χ4v) is 5.13. The largest absolute Gasteiger partial charge is 0.444 e. The van der Waals surface area contributed by atoms with Gasteiger partial charge < -0.3 is 25.4 Å². The molecule has 214 valence electrons. The van der Waals surface area contributed by atoms with Crippen LogP contribution < -0.4 is 15.8 Å². The van der Waals surface area contributed by atoms with Crippen LogP contribution in [0.15, 0.2) is 54.9 Å². The van der Waals surface area contributed by atoms with E-state index in [0.29, 0.717) is 52.4 Å². The van der Waals surface area contributed by atoms with Gasteiger partial charge in [0.15, 0.2) is 5.82 Å². The number of halogens is 1. The van der Waals surface area contributed by atoms with Crippen LogP contribution in [0.4, 0.5) is 20.8 Å². The lowest BCUT2D eigenvalue weighted by Gasteiger charge is -2.37. The Morgan fingerprint density at radius 3 is 2.59 bits per heavy atom.